The van der Waals surface area contributed by atoms with Gasteiger partial charge in [0.25, 0.3) is 0 Å². The lowest BCUT2D eigenvalue weighted by Crippen LogP contribution is -1.68. The largest absolute Gasteiger partial charge is 0.363 e. The second-order valence-electron chi connectivity index (χ2n) is 1.75. The van der Waals surface area contributed by atoms with E-state index >= 15 is 0 Å². The summed E-state index contributed by atoms with van der Waals surface area (Å²) in [5.41, 5.74) is 0.803. The molecule has 0 aromatic carbocycles. The van der Waals surface area contributed by atoms with Crippen LogP contribution >= 0.6 is 0 Å². The maximum Gasteiger partial charge on any atom is 0.132 e. The van der Waals surface area contributed by atoms with Crippen LogP contribution in [0.2, 0.25) is 0 Å². The lowest BCUT2D eigenvalue weighted by molar-refractivity contribution is 0.428. The van der Waals surface area contributed by atoms with Gasteiger partial charge >= 0.3 is 0 Å². The van der Waals surface area contributed by atoms with Crippen molar-refractivity contribution < 1.29 is 4.52 Å². The summed E-state index contributed by atoms with van der Waals surface area (Å²) in [6.07, 6.45) is 4.97. The topological polar surface area (TPSA) is 38.9 Å². The van der Waals surface area contributed by atoms with Crippen LogP contribution in [-0.2, 0) is 0 Å². The van der Waals surface area contributed by atoms with Crippen LogP contribution in [0.1, 0.15) is 0 Å². The van der Waals surface area contributed by atoms with E-state index in [0.29, 0.717) is 0 Å². The van der Waals surface area contributed by atoms with Crippen molar-refractivity contribution in [2.45, 2.75) is 0 Å². The summed E-state index contributed by atoms with van der Waals surface area (Å²) >= 11 is 0. The van der Waals surface area contributed by atoms with Crippen LogP contribution in [0.25, 0.3) is 10.9 Å². The van der Waals surface area contributed by atoms with Gasteiger partial charge in [-0.15, -0.1) is 0 Å². The molecule has 2 aromatic rings. The summed E-state index contributed by atoms with van der Waals surface area (Å²) in [7, 11) is 0. The molecule has 0 bridgehead atoms. The third kappa shape index (κ3) is 0.579. The standard InChI is InChI=1S/C6H4N2O/c1-2-7-3-6-5(1)4-9-8-6/h1-4H. The van der Waals surface area contributed by atoms with Crippen LogP contribution in [0.5, 0.6) is 0 Å². The minimum absolute atomic E-state index is 0.803. The molecule has 44 valence electrons. The van der Waals surface area contributed by atoms with Crippen molar-refractivity contribution in [2.75, 3.05) is 0 Å². The van der Waals surface area contributed by atoms with Crippen molar-refractivity contribution in [3.8, 4) is 0 Å². The average molecular weight is 120 g/mol. The van der Waals surface area contributed by atoms with E-state index in [1.165, 1.54) is 0 Å². The molecule has 0 unspecified atom stereocenters. The van der Waals surface area contributed by atoms with Crippen molar-refractivity contribution in [3.63, 3.8) is 0 Å². The quantitative estimate of drug-likeness (QED) is 0.524. The van der Waals surface area contributed by atoms with Gasteiger partial charge in [0.1, 0.15) is 11.8 Å². The highest BCUT2D eigenvalue weighted by molar-refractivity contribution is 5.75. The molecule has 2 heterocycles. The number of pyridine rings is 1. The molecule has 0 saturated heterocycles. The fourth-order valence-electron chi connectivity index (χ4n) is 0.713. The Balaban J connectivity index is 2.95. The highest BCUT2D eigenvalue weighted by Gasteiger charge is 1.92. The van der Waals surface area contributed by atoms with Crippen molar-refractivity contribution in [3.05, 3.63) is 24.7 Å². The van der Waals surface area contributed by atoms with Gasteiger partial charge < -0.3 is 4.52 Å². The van der Waals surface area contributed by atoms with Crippen LogP contribution in [-0.4, -0.2) is 10.1 Å². The van der Waals surface area contributed by atoms with E-state index in [-0.39, 0.29) is 0 Å². The lowest BCUT2D eigenvalue weighted by Gasteiger charge is -1.77. The molecule has 0 atom stereocenters. The van der Waals surface area contributed by atoms with E-state index in [0.717, 1.165) is 10.9 Å². The Labute approximate surface area is 51.3 Å². The van der Waals surface area contributed by atoms with Gasteiger partial charge in [-0.25, -0.2) is 0 Å². The SMILES string of the molecule is c1cc2conc2cn1. The highest BCUT2D eigenvalue weighted by Crippen LogP contribution is 2.07. The zero-order valence-corrected chi connectivity index (χ0v) is 4.61. The van der Waals surface area contributed by atoms with Crippen LogP contribution in [0.3, 0.4) is 0 Å². The van der Waals surface area contributed by atoms with Gasteiger partial charge in [0.05, 0.1) is 6.20 Å². The predicted molar refractivity (Wildman–Crippen MR) is 31.8 cm³/mol. The van der Waals surface area contributed by atoms with Crippen molar-refractivity contribution in [1.82, 2.24) is 10.1 Å². The van der Waals surface area contributed by atoms with Crippen molar-refractivity contribution in [1.29, 1.82) is 0 Å². The number of hydrogen-bond acceptors (Lipinski definition) is 3. The molecule has 0 fully saturated rings. The van der Waals surface area contributed by atoms with Crippen LogP contribution in [0.4, 0.5) is 0 Å². The second-order valence-corrected chi connectivity index (χ2v) is 1.75. The van der Waals surface area contributed by atoms with Crippen molar-refractivity contribution >= 4 is 10.9 Å². The Kier molecular flexibility index (Phi) is 0.773. The molecule has 0 spiro atoms. The fourth-order valence-corrected chi connectivity index (χ4v) is 0.713. The Morgan fingerprint density at radius 1 is 1.44 bits per heavy atom. The summed E-state index contributed by atoms with van der Waals surface area (Å²) in [6.45, 7) is 0. The molecule has 0 saturated carbocycles. The zero-order valence-electron chi connectivity index (χ0n) is 4.61. The Hall–Kier alpha value is -1.38. The first-order valence-corrected chi connectivity index (χ1v) is 2.61. The van der Waals surface area contributed by atoms with E-state index in [9.17, 15) is 0 Å². The molecule has 3 heteroatoms. The van der Waals surface area contributed by atoms with E-state index in [2.05, 4.69) is 14.7 Å². The summed E-state index contributed by atoms with van der Waals surface area (Å²) in [5.74, 6) is 0. The molecule has 0 aliphatic rings. The molecule has 0 aliphatic carbocycles. The first kappa shape index (κ1) is 4.49. The predicted octanol–water partition coefficient (Wildman–Crippen LogP) is 1.22. The monoisotopic (exact) mass is 120 g/mol. The van der Waals surface area contributed by atoms with Gasteiger partial charge in [-0.3, -0.25) is 4.98 Å². The normalized spacial score (nSPS) is 10.2. The number of fused-ring (bicyclic) bond motifs is 1. The molecule has 0 amide bonds. The zero-order chi connectivity index (χ0) is 6.10. The van der Waals surface area contributed by atoms with Gasteiger partial charge in [-0.2, -0.15) is 0 Å². The summed E-state index contributed by atoms with van der Waals surface area (Å²) in [4.78, 5) is 3.86. The van der Waals surface area contributed by atoms with Crippen molar-refractivity contribution in [2.24, 2.45) is 0 Å². The molecule has 2 aromatic heterocycles. The minimum atomic E-state index is 0.803. The third-order valence-electron chi connectivity index (χ3n) is 1.16. The maximum atomic E-state index is 4.67. The molecule has 3 nitrogen and oxygen atoms in total. The Morgan fingerprint density at radius 2 is 2.44 bits per heavy atom. The molecular formula is C6H4N2O. The molecule has 0 N–H and O–H groups in total. The summed E-state index contributed by atoms with van der Waals surface area (Å²) in [6, 6.07) is 1.85. The van der Waals surface area contributed by atoms with Gasteiger partial charge in [0.15, 0.2) is 0 Å². The second kappa shape index (κ2) is 1.55. The van der Waals surface area contributed by atoms with Crippen LogP contribution in [0, 0.1) is 0 Å². The maximum absolute atomic E-state index is 4.67. The summed E-state index contributed by atoms with van der Waals surface area (Å²) < 4.78 is 4.67. The highest BCUT2D eigenvalue weighted by atomic mass is 16.5. The van der Waals surface area contributed by atoms with Gasteiger partial charge in [-0.1, -0.05) is 5.16 Å². The Morgan fingerprint density at radius 3 is 3.33 bits per heavy atom. The molecule has 0 radical (unpaired) electrons. The van der Waals surface area contributed by atoms with E-state index in [1.807, 2.05) is 6.07 Å². The Bertz CT molecular complexity index is 285. The molecule has 9 heavy (non-hydrogen) atoms. The molecule has 2 rings (SSSR count). The van der Waals surface area contributed by atoms with Crippen LogP contribution in [0.15, 0.2) is 29.2 Å². The first-order chi connectivity index (χ1) is 4.47. The van der Waals surface area contributed by atoms with E-state index < -0.39 is 0 Å². The molecular weight excluding hydrogens is 116 g/mol. The number of aromatic nitrogens is 2. The molecule has 0 aliphatic heterocycles. The van der Waals surface area contributed by atoms with Crippen LogP contribution < -0.4 is 0 Å². The third-order valence-corrected chi connectivity index (χ3v) is 1.16. The van der Waals surface area contributed by atoms with Gasteiger partial charge in [0.2, 0.25) is 0 Å². The fraction of sp³-hybridized carbons (Fsp3) is 0. The van der Waals surface area contributed by atoms with Gasteiger partial charge in [0, 0.05) is 11.6 Å². The number of rotatable bonds is 0. The lowest BCUT2D eigenvalue weighted by atomic mass is 10.3. The smallest absolute Gasteiger partial charge is 0.132 e. The number of hydrogen-bond donors (Lipinski definition) is 0. The van der Waals surface area contributed by atoms with Gasteiger partial charge in [-0.05, 0) is 6.07 Å². The number of nitrogens with zero attached hydrogens (tertiary/aromatic N) is 2. The minimum Gasteiger partial charge on any atom is -0.363 e. The summed E-state index contributed by atoms with van der Waals surface area (Å²) in [5, 5.41) is 4.67. The van der Waals surface area contributed by atoms with E-state index in [1.54, 1.807) is 18.7 Å². The van der Waals surface area contributed by atoms with E-state index in [4.69, 9.17) is 0 Å². The first-order valence-electron chi connectivity index (χ1n) is 2.61. The average Bonchev–Trinajstić information content (AvgIpc) is 2.33.